The van der Waals surface area contributed by atoms with Gasteiger partial charge in [-0.1, -0.05) is 18.5 Å². The van der Waals surface area contributed by atoms with Gasteiger partial charge in [-0.2, -0.15) is 0 Å². The third-order valence-electron chi connectivity index (χ3n) is 2.80. The lowest BCUT2D eigenvalue weighted by Gasteiger charge is -2.09. The summed E-state index contributed by atoms with van der Waals surface area (Å²) in [5.74, 6) is 0.595. The standard InChI is InChI=1S/C14H16ClN3O/c1-2-12-13(15)17-10-18-14(12)19-9-3-4-11-5-7-16-8-6-11/h5-8,10H,2-4,9H2,1H3. The van der Waals surface area contributed by atoms with Crippen LogP contribution in [0, 0.1) is 0 Å². The van der Waals surface area contributed by atoms with Crippen LogP contribution in [0.1, 0.15) is 24.5 Å². The highest BCUT2D eigenvalue weighted by Crippen LogP contribution is 2.22. The summed E-state index contributed by atoms with van der Waals surface area (Å²) in [4.78, 5) is 12.1. The van der Waals surface area contributed by atoms with Crippen molar-refractivity contribution in [3.05, 3.63) is 47.1 Å². The summed E-state index contributed by atoms with van der Waals surface area (Å²) in [6, 6.07) is 4.03. The van der Waals surface area contributed by atoms with E-state index in [-0.39, 0.29) is 0 Å². The minimum Gasteiger partial charge on any atom is -0.477 e. The fourth-order valence-corrected chi connectivity index (χ4v) is 2.05. The number of hydrogen-bond acceptors (Lipinski definition) is 4. The van der Waals surface area contributed by atoms with E-state index < -0.39 is 0 Å². The molecule has 0 fully saturated rings. The largest absolute Gasteiger partial charge is 0.477 e. The van der Waals surface area contributed by atoms with Gasteiger partial charge in [0.05, 0.1) is 12.2 Å². The molecule has 2 heterocycles. The third kappa shape index (κ3) is 3.89. The minimum atomic E-state index is 0.474. The van der Waals surface area contributed by atoms with E-state index in [0.29, 0.717) is 17.6 Å². The highest BCUT2D eigenvalue weighted by Gasteiger charge is 2.08. The monoisotopic (exact) mass is 277 g/mol. The Morgan fingerprint density at radius 1 is 1.21 bits per heavy atom. The summed E-state index contributed by atoms with van der Waals surface area (Å²) in [5, 5.41) is 0.474. The molecular weight excluding hydrogens is 262 g/mol. The summed E-state index contributed by atoms with van der Waals surface area (Å²) in [5.41, 5.74) is 2.13. The average Bonchev–Trinajstić information content (AvgIpc) is 2.45. The van der Waals surface area contributed by atoms with Gasteiger partial charge in [0.25, 0.3) is 0 Å². The predicted octanol–water partition coefficient (Wildman–Crippen LogP) is 3.10. The Bertz CT molecular complexity index is 519. The van der Waals surface area contributed by atoms with Crippen molar-refractivity contribution < 1.29 is 4.74 Å². The zero-order valence-corrected chi connectivity index (χ0v) is 11.6. The quantitative estimate of drug-likeness (QED) is 0.601. The maximum absolute atomic E-state index is 6.00. The highest BCUT2D eigenvalue weighted by molar-refractivity contribution is 6.30. The fraction of sp³-hybridized carbons (Fsp3) is 0.357. The number of hydrogen-bond donors (Lipinski definition) is 0. The van der Waals surface area contributed by atoms with Gasteiger partial charge >= 0.3 is 0 Å². The SMILES string of the molecule is CCc1c(Cl)ncnc1OCCCc1ccncc1. The van der Waals surface area contributed by atoms with Crippen LogP contribution in [0.4, 0.5) is 0 Å². The van der Waals surface area contributed by atoms with E-state index in [4.69, 9.17) is 16.3 Å². The predicted molar refractivity (Wildman–Crippen MR) is 74.5 cm³/mol. The lowest BCUT2D eigenvalue weighted by molar-refractivity contribution is 0.295. The summed E-state index contributed by atoms with van der Waals surface area (Å²) in [6.45, 7) is 2.62. The second-order valence-corrected chi connectivity index (χ2v) is 4.47. The molecule has 0 amide bonds. The first-order valence-corrected chi connectivity index (χ1v) is 6.70. The van der Waals surface area contributed by atoms with Gasteiger partial charge in [0.2, 0.25) is 5.88 Å². The molecule has 0 aromatic carbocycles. The van der Waals surface area contributed by atoms with Crippen LogP contribution in [0.25, 0.3) is 0 Å². The molecule has 0 aliphatic carbocycles. The normalized spacial score (nSPS) is 10.4. The number of rotatable bonds is 6. The zero-order chi connectivity index (χ0) is 13.5. The molecular formula is C14H16ClN3O. The topological polar surface area (TPSA) is 47.9 Å². The molecule has 2 aromatic heterocycles. The van der Waals surface area contributed by atoms with Crippen molar-refractivity contribution in [2.24, 2.45) is 0 Å². The maximum atomic E-state index is 6.00. The smallest absolute Gasteiger partial charge is 0.221 e. The third-order valence-corrected chi connectivity index (χ3v) is 3.13. The van der Waals surface area contributed by atoms with Crippen LogP contribution in [0.2, 0.25) is 5.15 Å². The first kappa shape index (κ1) is 13.7. The van der Waals surface area contributed by atoms with Crippen LogP contribution in [-0.2, 0) is 12.8 Å². The van der Waals surface area contributed by atoms with E-state index >= 15 is 0 Å². The van der Waals surface area contributed by atoms with Gasteiger partial charge in [-0.3, -0.25) is 4.98 Å². The molecule has 4 nitrogen and oxygen atoms in total. The van der Waals surface area contributed by atoms with Crippen LogP contribution in [-0.4, -0.2) is 21.6 Å². The van der Waals surface area contributed by atoms with Crippen molar-refractivity contribution in [1.82, 2.24) is 15.0 Å². The summed E-state index contributed by atoms with van der Waals surface area (Å²) >= 11 is 6.00. The van der Waals surface area contributed by atoms with Crippen LogP contribution in [0.5, 0.6) is 5.88 Å². The molecule has 100 valence electrons. The Hall–Kier alpha value is -1.68. The summed E-state index contributed by atoms with van der Waals surface area (Å²) < 4.78 is 5.68. The number of halogens is 1. The van der Waals surface area contributed by atoms with Crippen LogP contribution in [0.3, 0.4) is 0 Å². The highest BCUT2D eigenvalue weighted by atomic mass is 35.5. The molecule has 0 bridgehead atoms. The molecule has 2 aromatic rings. The summed E-state index contributed by atoms with van der Waals surface area (Å²) in [7, 11) is 0. The molecule has 0 N–H and O–H groups in total. The second kappa shape index (κ2) is 7.04. The van der Waals surface area contributed by atoms with Crippen molar-refractivity contribution in [1.29, 1.82) is 0 Å². The van der Waals surface area contributed by atoms with E-state index in [1.54, 1.807) is 12.4 Å². The molecule has 0 saturated carbocycles. The van der Waals surface area contributed by atoms with E-state index in [1.807, 2.05) is 19.1 Å². The maximum Gasteiger partial charge on any atom is 0.221 e. The lowest BCUT2D eigenvalue weighted by atomic mass is 10.1. The number of aryl methyl sites for hydroxylation is 1. The fourth-order valence-electron chi connectivity index (χ4n) is 1.79. The summed E-state index contributed by atoms with van der Waals surface area (Å²) in [6.07, 6.45) is 7.68. The van der Waals surface area contributed by atoms with E-state index in [9.17, 15) is 0 Å². The number of ether oxygens (including phenoxy) is 1. The van der Waals surface area contributed by atoms with Gasteiger partial charge in [0.15, 0.2) is 0 Å². The Morgan fingerprint density at radius 3 is 2.74 bits per heavy atom. The van der Waals surface area contributed by atoms with Gasteiger partial charge in [0.1, 0.15) is 11.5 Å². The van der Waals surface area contributed by atoms with Crippen LogP contribution in [0.15, 0.2) is 30.9 Å². The lowest BCUT2D eigenvalue weighted by Crippen LogP contribution is -2.04. The molecule has 0 atom stereocenters. The molecule has 0 radical (unpaired) electrons. The van der Waals surface area contributed by atoms with Crippen molar-refractivity contribution in [2.45, 2.75) is 26.2 Å². The van der Waals surface area contributed by atoms with E-state index in [1.165, 1.54) is 11.9 Å². The second-order valence-electron chi connectivity index (χ2n) is 4.11. The number of nitrogens with zero attached hydrogens (tertiary/aromatic N) is 3. The number of aromatic nitrogens is 3. The molecule has 0 unspecified atom stereocenters. The van der Waals surface area contributed by atoms with Crippen LogP contribution < -0.4 is 4.74 Å². The molecule has 2 rings (SSSR count). The Balaban J connectivity index is 1.85. The first-order valence-electron chi connectivity index (χ1n) is 6.32. The molecule has 0 aliphatic rings. The van der Waals surface area contributed by atoms with Gasteiger partial charge in [-0.25, -0.2) is 9.97 Å². The van der Waals surface area contributed by atoms with Gasteiger partial charge < -0.3 is 4.74 Å². The van der Waals surface area contributed by atoms with E-state index in [0.717, 1.165) is 24.8 Å². The van der Waals surface area contributed by atoms with Gasteiger partial charge in [-0.05, 0) is 37.0 Å². The van der Waals surface area contributed by atoms with Gasteiger partial charge in [0, 0.05) is 12.4 Å². The molecule has 5 heteroatoms. The van der Waals surface area contributed by atoms with Crippen LogP contribution >= 0.6 is 11.6 Å². The number of pyridine rings is 1. The Kier molecular flexibility index (Phi) is 5.10. The Labute approximate surface area is 117 Å². The van der Waals surface area contributed by atoms with Crippen molar-refractivity contribution in [3.8, 4) is 5.88 Å². The van der Waals surface area contributed by atoms with Crippen molar-refractivity contribution in [2.75, 3.05) is 6.61 Å². The molecule has 19 heavy (non-hydrogen) atoms. The minimum absolute atomic E-state index is 0.474. The van der Waals surface area contributed by atoms with E-state index in [2.05, 4.69) is 15.0 Å². The van der Waals surface area contributed by atoms with Crippen molar-refractivity contribution >= 4 is 11.6 Å². The van der Waals surface area contributed by atoms with Crippen molar-refractivity contribution in [3.63, 3.8) is 0 Å². The zero-order valence-electron chi connectivity index (χ0n) is 10.8. The Morgan fingerprint density at radius 2 is 2.00 bits per heavy atom. The average molecular weight is 278 g/mol. The first-order chi connectivity index (χ1) is 9.31. The molecule has 0 spiro atoms. The molecule has 0 saturated heterocycles. The van der Waals surface area contributed by atoms with Gasteiger partial charge in [-0.15, -0.1) is 0 Å². The molecule has 0 aliphatic heterocycles.